The van der Waals surface area contributed by atoms with Gasteiger partial charge < -0.3 is 10.1 Å². The highest BCUT2D eigenvalue weighted by atomic mass is 35.5. The van der Waals surface area contributed by atoms with Crippen LogP contribution in [0.4, 0.5) is 0 Å². The molecule has 1 heterocycles. The minimum atomic E-state index is -3.43. The molecule has 1 aromatic rings. The number of nitrogens with zero attached hydrogens (tertiary/aromatic N) is 1. The molecule has 2 unspecified atom stereocenters. The van der Waals surface area contributed by atoms with Gasteiger partial charge in [-0.15, -0.1) is 12.4 Å². The molecule has 1 aliphatic heterocycles. The molecule has 114 valence electrons. The van der Waals surface area contributed by atoms with E-state index in [9.17, 15) is 8.42 Å². The number of hydrogen-bond donors (Lipinski definition) is 1. The number of benzene rings is 1. The van der Waals surface area contributed by atoms with Gasteiger partial charge in [0.25, 0.3) is 0 Å². The van der Waals surface area contributed by atoms with Crippen LogP contribution in [0.1, 0.15) is 13.8 Å². The van der Waals surface area contributed by atoms with Gasteiger partial charge in [0.05, 0.1) is 12.0 Å². The second-order valence-corrected chi connectivity index (χ2v) is 6.67. The largest absolute Gasteiger partial charge is 0.497 e. The maximum atomic E-state index is 12.6. The standard InChI is InChI=1S/C13H20N2O3S.ClH/c1-10-11(2)15(9-8-14-10)19(16,17)13-6-4-12(18-3)5-7-13;/h4-7,10-11,14H,8-9H2,1-3H3;1H. The molecule has 0 spiro atoms. The van der Waals surface area contributed by atoms with E-state index < -0.39 is 10.0 Å². The Morgan fingerprint density at radius 1 is 1.25 bits per heavy atom. The third kappa shape index (κ3) is 3.25. The first-order valence-corrected chi connectivity index (χ1v) is 7.80. The van der Waals surface area contributed by atoms with Crippen molar-refractivity contribution < 1.29 is 13.2 Å². The molecule has 0 bridgehead atoms. The molecule has 1 aromatic carbocycles. The molecule has 1 aliphatic rings. The van der Waals surface area contributed by atoms with Gasteiger partial charge >= 0.3 is 0 Å². The number of rotatable bonds is 3. The number of ether oxygens (including phenoxy) is 1. The molecule has 5 nitrogen and oxygen atoms in total. The Bertz CT molecular complexity index is 533. The van der Waals surface area contributed by atoms with Gasteiger partial charge in [0.15, 0.2) is 0 Å². The molecule has 0 radical (unpaired) electrons. The molecule has 0 aliphatic carbocycles. The number of hydrogen-bond acceptors (Lipinski definition) is 4. The number of piperazine rings is 1. The molecule has 20 heavy (non-hydrogen) atoms. The van der Waals surface area contributed by atoms with Crippen LogP contribution in [0.25, 0.3) is 0 Å². The Labute approximate surface area is 126 Å². The van der Waals surface area contributed by atoms with E-state index in [4.69, 9.17) is 4.74 Å². The highest BCUT2D eigenvalue weighted by Crippen LogP contribution is 2.23. The quantitative estimate of drug-likeness (QED) is 0.916. The zero-order valence-electron chi connectivity index (χ0n) is 11.9. The predicted octanol–water partition coefficient (Wildman–Crippen LogP) is 1.49. The summed E-state index contributed by atoms with van der Waals surface area (Å²) in [5, 5.41) is 3.28. The topological polar surface area (TPSA) is 58.6 Å². The normalized spacial score (nSPS) is 23.9. The molecule has 1 saturated heterocycles. The number of halogens is 1. The molecule has 2 rings (SSSR count). The third-order valence-electron chi connectivity index (χ3n) is 3.64. The van der Waals surface area contributed by atoms with Crippen LogP contribution in [0.3, 0.4) is 0 Å². The summed E-state index contributed by atoms with van der Waals surface area (Å²) in [6.45, 7) is 5.11. The van der Waals surface area contributed by atoms with Crippen LogP contribution in [0.5, 0.6) is 5.75 Å². The van der Waals surface area contributed by atoms with E-state index in [0.29, 0.717) is 23.7 Å². The third-order valence-corrected chi connectivity index (χ3v) is 5.64. The van der Waals surface area contributed by atoms with E-state index >= 15 is 0 Å². The van der Waals surface area contributed by atoms with Crippen molar-refractivity contribution in [1.82, 2.24) is 9.62 Å². The van der Waals surface area contributed by atoms with E-state index in [2.05, 4.69) is 5.32 Å². The van der Waals surface area contributed by atoms with Crippen LogP contribution < -0.4 is 10.1 Å². The minimum Gasteiger partial charge on any atom is -0.497 e. The summed E-state index contributed by atoms with van der Waals surface area (Å²) in [6, 6.07) is 6.62. The Morgan fingerprint density at radius 2 is 1.85 bits per heavy atom. The van der Waals surface area contributed by atoms with Crippen LogP contribution in [0.15, 0.2) is 29.2 Å². The lowest BCUT2D eigenvalue weighted by Gasteiger charge is -2.37. The molecular weight excluding hydrogens is 300 g/mol. The summed E-state index contributed by atoms with van der Waals surface area (Å²) < 4.78 is 31.8. The average Bonchev–Trinajstić information content (AvgIpc) is 2.41. The maximum absolute atomic E-state index is 12.6. The van der Waals surface area contributed by atoms with Crippen molar-refractivity contribution in [2.75, 3.05) is 20.2 Å². The van der Waals surface area contributed by atoms with Crippen molar-refractivity contribution in [3.8, 4) is 5.75 Å². The van der Waals surface area contributed by atoms with Crippen LogP contribution >= 0.6 is 12.4 Å². The van der Waals surface area contributed by atoms with Crippen molar-refractivity contribution in [1.29, 1.82) is 0 Å². The van der Waals surface area contributed by atoms with Gasteiger partial charge in [0.2, 0.25) is 10.0 Å². The fourth-order valence-corrected chi connectivity index (χ4v) is 3.95. The van der Waals surface area contributed by atoms with Crippen LogP contribution in [0.2, 0.25) is 0 Å². The second kappa shape index (κ2) is 6.76. The summed E-state index contributed by atoms with van der Waals surface area (Å²) in [5.74, 6) is 0.653. The van der Waals surface area contributed by atoms with Gasteiger partial charge in [-0.05, 0) is 38.1 Å². The van der Waals surface area contributed by atoms with Crippen LogP contribution in [0, 0.1) is 0 Å². The van der Waals surface area contributed by atoms with E-state index in [-0.39, 0.29) is 24.5 Å². The molecular formula is C13H21ClN2O3S. The lowest BCUT2D eigenvalue weighted by molar-refractivity contribution is 0.233. The summed E-state index contributed by atoms with van der Waals surface area (Å²) in [4.78, 5) is 0.314. The Balaban J connectivity index is 0.00000200. The van der Waals surface area contributed by atoms with Crippen LogP contribution in [-0.4, -0.2) is 45.0 Å². The van der Waals surface area contributed by atoms with Crippen molar-refractivity contribution in [2.45, 2.75) is 30.8 Å². The molecule has 0 aromatic heterocycles. The van der Waals surface area contributed by atoms with Gasteiger partial charge in [0, 0.05) is 25.2 Å². The number of sulfonamides is 1. The number of nitrogens with one attached hydrogen (secondary N) is 1. The Hall–Kier alpha value is -0.820. The highest BCUT2D eigenvalue weighted by Gasteiger charge is 2.34. The molecule has 1 fully saturated rings. The SMILES string of the molecule is COc1ccc(S(=O)(=O)N2CCNC(C)C2C)cc1.Cl. The van der Waals surface area contributed by atoms with E-state index in [1.54, 1.807) is 35.7 Å². The van der Waals surface area contributed by atoms with Crippen molar-refractivity contribution in [3.05, 3.63) is 24.3 Å². The van der Waals surface area contributed by atoms with Gasteiger partial charge in [-0.3, -0.25) is 0 Å². The molecule has 1 N–H and O–H groups in total. The number of methoxy groups -OCH3 is 1. The second-order valence-electron chi connectivity index (χ2n) is 4.77. The fraction of sp³-hybridized carbons (Fsp3) is 0.538. The van der Waals surface area contributed by atoms with Crippen molar-refractivity contribution >= 4 is 22.4 Å². The zero-order valence-corrected chi connectivity index (χ0v) is 13.5. The molecule has 2 atom stereocenters. The minimum absolute atomic E-state index is 0. The van der Waals surface area contributed by atoms with Gasteiger partial charge in [-0.2, -0.15) is 4.31 Å². The van der Waals surface area contributed by atoms with Crippen molar-refractivity contribution in [3.63, 3.8) is 0 Å². The summed E-state index contributed by atoms with van der Waals surface area (Å²) >= 11 is 0. The van der Waals surface area contributed by atoms with E-state index in [1.807, 2.05) is 13.8 Å². The Morgan fingerprint density at radius 3 is 2.40 bits per heavy atom. The van der Waals surface area contributed by atoms with Gasteiger partial charge in [-0.1, -0.05) is 0 Å². The van der Waals surface area contributed by atoms with Gasteiger partial charge in [-0.25, -0.2) is 8.42 Å². The molecule has 7 heteroatoms. The smallest absolute Gasteiger partial charge is 0.243 e. The maximum Gasteiger partial charge on any atom is 0.243 e. The zero-order chi connectivity index (χ0) is 14.0. The molecule has 0 saturated carbocycles. The van der Waals surface area contributed by atoms with Gasteiger partial charge in [0.1, 0.15) is 5.75 Å². The van der Waals surface area contributed by atoms with E-state index in [0.717, 1.165) is 0 Å². The first kappa shape index (κ1) is 17.2. The summed E-state index contributed by atoms with van der Waals surface area (Å²) in [6.07, 6.45) is 0. The fourth-order valence-electron chi connectivity index (χ4n) is 2.25. The summed E-state index contributed by atoms with van der Waals surface area (Å²) in [5.41, 5.74) is 0. The molecule has 0 amide bonds. The summed E-state index contributed by atoms with van der Waals surface area (Å²) in [7, 11) is -1.87. The van der Waals surface area contributed by atoms with Crippen molar-refractivity contribution in [2.24, 2.45) is 0 Å². The first-order valence-electron chi connectivity index (χ1n) is 6.36. The lowest BCUT2D eigenvalue weighted by atomic mass is 10.1. The average molecular weight is 321 g/mol. The van der Waals surface area contributed by atoms with Crippen LogP contribution in [-0.2, 0) is 10.0 Å². The highest BCUT2D eigenvalue weighted by molar-refractivity contribution is 7.89. The predicted molar refractivity (Wildman–Crippen MR) is 81.1 cm³/mol. The van der Waals surface area contributed by atoms with E-state index in [1.165, 1.54) is 0 Å². The monoisotopic (exact) mass is 320 g/mol. The lowest BCUT2D eigenvalue weighted by Crippen LogP contribution is -2.57. The Kier molecular flexibility index (Phi) is 5.82. The first-order chi connectivity index (χ1) is 8.96.